The molecule has 0 saturated heterocycles. The molecular weight excluding hydrogens is 167 g/mol. The minimum absolute atomic E-state index is 0. The Balaban J connectivity index is 0. The second-order valence-corrected chi connectivity index (χ2v) is 1.96. The summed E-state index contributed by atoms with van der Waals surface area (Å²) in [7, 11) is 0. The van der Waals surface area contributed by atoms with Crippen molar-refractivity contribution in [1.82, 2.24) is 0 Å². The molecule has 0 atom stereocenters. The molecule has 6 heteroatoms. The van der Waals surface area contributed by atoms with Crippen LogP contribution in [0.3, 0.4) is 0 Å². The molecule has 0 aromatic rings. The van der Waals surface area contributed by atoms with E-state index in [1.807, 2.05) is 0 Å². The zero-order chi connectivity index (χ0) is 4.50. The topological polar surface area (TPSA) is 92.2 Å². The number of hydrogen-bond donors (Lipinski definition) is 0. The fourth-order valence-electron chi connectivity index (χ4n) is 0. The van der Waals surface area contributed by atoms with Gasteiger partial charge in [-0.25, -0.2) is 0 Å². The Morgan fingerprint density at radius 3 is 0.833 bits per heavy atom. The van der Waals surface area contributed by atoms with E-state index < -0.39 is 14.1 Å². The van der Waals surface area contributed by atoms with Crippen LogP contribution in [-0.2, 0) is 0 Å². The van der Waals surface area contributed by atoms with Crippen molar-refractivity contribution in [3.05, 3.63) is 0 Å². The maximum absolute atomic E-state index is 8.58. The average Bonchev–Trinajstić information content (AvgIpc) is 0.722. The van der Waals surface area contributed by atoms with E-state index >= 15 is 0 Å². The zero-order valence-electron chi connectivity index (χ0n) is 3.01. The summed E-state index contributed by atoms with van der Waals surface area (Å²) < 4.78 is 34.3. The molecular formula is BrNaO4. The summed E-state index contributed by atoms with van der Waals surface area (Å²) in [5, 5.41) is 0. The molecule has 0 spiro atoms. The van der Waals surface area contributed by atoms with Crippen LogP contribution in [0.1, 0.15) is 0 Å². The second-order valence-electron chi connectivity index (χ2n) is 0.378. The van der Waals surface area contributed by atoms with Crippen molar-refractivity contribution in [1.29, 1.82) is 0 Å². The molecule has 0 aliphatic rings. The van der Waals surface area contributed by atoms with Crippen molar-refractivity contribution in [3.63, 3.8) is 0 Å². The van der Waals surface area contributed by atoms with Crippen molar-refractivity contribution in [2.75, 3.05) is 0 Å². The fraction of sp³-hybridized carbons (Fsp3) is 0. The Hall–Kier alpha value is 1.32. The molecule has 32 valence electrons. The van der Waals surface area contributed by atoms with E-state index in [1.54, 1.807) is 0 Å². The molecule has 0 amide bonds. The third-order valence-electron chi connectivity index (χ3n) is 0. The molecule has 0 bridgehead atoms. The van der Waals surface area contributed by atoms with Crippen LogP contribution in [0.4, 0.5) is 0 Å². The van der Waals surface area contributed by atoms with E-state index in [4.69, 9.17) is 16.8 Å². The Labute approximate surface area is 60.2 Å². The first-order valence-electron chi connectivity index (χ1n) is 0.617. The number of halogens is 1. The molecule has 0 aromatic carbocycles. The Morgan fingerprint density at radius 2 is 0.833 bits per heavy atom. The normalized spacial score (nSPS) is 10.0. The van der Waals surface area contributed by atoms with Crippen LogP contribution in [0.5, 0.6) is 0 Å². The molecule has 0 heterocycles. The van der Waals surface area contributed by atoms with Gasteiger partial charge in [-0.1, -0.05) is 0 Å². The predicted octanol–water partition coefficient (Wildman–Crippen LogP) is -7.75. The predicted molar refractivity (Wildman–Crippen MR) is 0 cm³/mol. The van der Waals surface area contributed by atoms with Crippen molar-refractivity contribution in [3.8, 4) is 0 Å². The van der Waals surface area contributed by atoms with Gasteiger partial charge in [0.1, 0.15) is 0 Å². The molecule has 0 radical (unpaired) electrons. The van der Waals surface area contributed by atoms with E-state index in [1.165, 1.54) is 0 Å². The smallest absolute Gasteiger partial charge is 0.264 e. The van der Waals surface area contributed by atoms with Crippen LogP contribution < -0.4 is 46.3 Å². The Bertz CT molecular complexity index is 23.0. The Morgan fingerprint density at radius 1 is 0.833 bits per heavy atom. The molecule has 6 heavy (non-hydrogen) atoms. The van der Waals surface area contributed by atoms with Crippen molar-refractivity contribution in [2.24, 2.45) is 0 Å². The monoisotopic (exact) mass is 166 g/mol. The van der Waals surface area contributed by atoms with Gasteiger partial charge in [0.05, 0.1) is 14.1 Å². The van der Waals surface area contributed by atoms with Gasteiger partial charge < -0.3 is 0 Å². The van der Waals surface area contributed by atoms with E-state index in [0.29, 0.717) is 0 Å². The number of hydrogen-bond acceptors (Lipinski definition) is 4. The minimum Gasteiger partial charge on any atom is -0.264 e. The van der Waals surface area contributed by atoms with Crippen LogP contribution in [0.15, 0.2) is 0 Å². The van der Waals surface area contributed by atoms with Crippen LogP contribution in [0.25, 0.3) is 0 Å². The molecule has 0 aromatic heterocycles. The second kappa shape index (κ2) is 3.34. The van der Waals surface area contributed by atoms with Gasteiger partial charge in [0.25, 0.3) is 0 Å². The summed E-state index contributed by atoms with van der Waals surface area (Å²) in [5.41, 5.74) is 0. The Kier molecular flexibility index (Phi) is 5.75. The van der Waals surface area contributed by atoms with E-state index in [2.05, 4.69) is 0 Å². The standard InChI is InChI=1S/BrO4.Na/c2-1(3,4)5;/q-1;+1. The number of rotatable bonds is 0. The maximum Gasteiger partial charge on any atom is 1.00 e. The zero-order valence-corrected chi connectivity index (χ0v) is 6.60. The summed E-state index contributed by atoms with van der Waals surface area (Å²) in [5.74, 6) is 0. The quantitative estimate of drug-likeness (QED) is 0.335. The first-order valence-corrected chi connectivity index (χ1v) is 3.21. The molecule has 0 unspecified atom stereocenters. The van der Waals surface area contributed by atoms with E-state index in [9.17, 15) is 0 Å². The largest absolute Gasteiger partial charge is 1.00 e. The SMILES string of the molecule is [Na+].[O-][Br+3]([O-])([O-])[O-]. The first kappa shape index (κ1) is 10.3. The van der Waals surface area contributed by atoms with Crippen LogP contribution in [0, 0.1) is 14.1 Å². The van der Waals surface area contributed by atoms with E-state index in [-0.39, 0.29) is 29.6 Å². The molecule has 0 aliphatic carbocycles. The van der Waals surface area contributed by atoms with Gasteiger partial charge in [-0.2, -0.15) is 0 Å². The van der Waals surface area contributed by atoms with Crippen LogP contribution in [-0.4, -0.2) is 0 Å². The summed E-state index contributed by atoms with van der Waals surface area (Å²) in [6, 6.07) is 0. The molecule has 0 N–H and O–H groups in total. The first-order chi connectivity index (χ1) is 2.00. The van der Waals surface area contributed by atoms with Crippen LogP contribution in [0.2, 0.25) is 0 Å². The molecule has 4 nitrogen and oxygen atoms in total. The van der Waals surface area contributed by atoms with E-state index in [0.717, 1.165) is 0 Å². The molecule has 0 saturated carbocycles. The van der Waals surface area contributed by atoms with Gasteiger partial charge in [0, 0.05) is 0 Å². The third kappa shape index (κ3) is 57.0. The van der Waals surface area contributed by atoms with Gasteiger partial charge >= 0.3 is 29.6 Å². The summed E-state index contributed by atoms with van der Waals surface area (Å²) in [4.78, 5) is 0. The molecule has 0 aliphatic heterocycles. The van der Waals surface area contributed by atoms with Crippen LogP contribution >= 0.6 is 0 Å². The van der Waals surface area contributed by atoms with Gasteiger partial charge in [-0.15, -0.1) is 0 Å². The summed E-state index contributed by atoms with van der Waals surface area (Å²) in [6.45, 7) is 0. The molecule has 0 rings (SSSR count). The van der Waals surface area contributed by atoms with Crippen molar-refractivity contribution < 1.29 is 60.4 Å². The third-order valence-corrected chi connectivity index (χ3v) is 0. The summed E-state index contributed by atoms with van der Waals surface area (Å²) >= 11 is -5.62. The van der Waals surface area contributed by atoms with Gasteiger partial charge in [-0.3, -0.25) is 16.8 Å². The van der Waals surface area contributed by atoms with Gasteiger partial charge in [0.15, 0.2) is 0 Å². The summed E-state index contributed by atoms with van der Waals surface area (Å²) in [6.07, 6.45) is 0. The van der Waals surface area contributed by atoms with Gasteiger partial charge in [-0.05, 0) is 0 Å². The van der Waals surface area contributed by atoms with Crippen molar-refractivity contribution in [2.45, 2.75) is 0 Å². The minimum atomic E-state index is -5.62. The van der Waals surface area contributed by atoms with Gasteiger partial charge in [0.2, 0.25) is 0 Å². The average molecular weight is 167 g/mol. The maximum atomic E-state index is 8.58. The van der Waals surface area contributed by atoms with Crippen molar-refractivity contribution >= 4 is 0 Å². The fourth-order valence-corrected chi connectivity index (χ4v) is 0. The molecule has 0 fully saturated rings.